The number of aromatic nitrogens is 1. The van der Waals surface area contributed by atoms with Crippen molar-refractivity contribution in [2.24, 2.45) is 5.92 Å². The first-order valence-corrected chi connectivity index (χ1v) is 17.3. The molecule has 3 aromatic carbocycles. The van der Waals surface area contributed by atoms with Crippen molar-refractivity contribution in [1.29, 1.82) is 0 Å². The molecular formula is C33H40N2O5Si. The molecule has 2 heterocycles. The molecule has 1 aliphatic rings. The summed E-state index contributed by atoms with van der Waals surface area (Å²) in [5.74, 6) is 1.54. The van der Waals surface area contributed by atoms with Crippen LogP contribution >= 0.6 is 0 Å². The highest BCUT2D eigenvalue weighted by atomic mass is 28.3. The van der Waals surface area contributed by atoms with Crippen molar-refractivity contribution >= 4 is 35.8 Å². The summed E-state index contributed by atoms with van der Waals surface area (Å²) in [7, 11) is 1.30. The van der Waals surface area contributed by atoms with Crippen molar-refractivity contribution in [1.82, 2.24) is 4.98 Å². The number of methoxy groups -OCH3 is 2. The molecule has 0 bridgehead atoms. The molecule has 0 aliphatic carbocycles. The summed E-state index contributed by atoms with van der Waals surface area (Å²) in [6.45, 7) is 6.94. The van der Waals surface area contributed by atoms with Crippen LogP contribution in [-0.4, -0.2) is 51.0 Å². The van der Waals surface area contributed by atoms with E-state index < -0.39 is 8.07 Å². The number of fused-ring (bicyclic) bond motifs is 2. The number of nitrogens with one attached hydrogen (secondary N) is 2. The third kappa shape index (κ3) is 5.77. The number of hydrogen-bond donors (Lipinski definition) is 3. The van der Waals surface area contributed by atoms with Crippen LogP contribution in [-0.2, 0) is 16.0 Å². The zero-order chi connectivity index (χ0) is 29.1. The third-order valence-electron chi connectivity index (χ3n) is 8.74. The summed E-state index contributed by atoms with van der Waals surface area (Å²) in [4.78, 5) is 16.2. The highest BCUT2D eigenvalue weighted by Crippen LogP contribution is 2.47. The van der Waals surface area contributed by atoms with Gasteiger partial charge < -0.3 is 29.6 Å². The van der Waals surface area contributed by atoms with Crippen LogP contribution in [0.4, 0.5) is 5.69 Å². The normalized spacial score (nSPS) is 19.3. The number of benzene rings is 3. The smallest absolute Gasteiger partial charge is 0.228 e. The fourth-order valence-corrected chi connectivity index (χ4v) is 9.92. The van der Waals surface area contributed by atoms with E-state index in [9.17, 15) is 9.90 Å². The summed E-state index contributed by atoms with van der Waals surface area (Å²) in [5.41, 5.74) is 3.77. The SMILES string of the molecule is COc1ccc([Si](C)(C)C(CCO)[C@@H]2Oc3ccc(NC(=O)Cc4c[nH]c5ccccc45)cc3[C@H](OC)[C@H]2C)cc1. The lowest BCUT2D eigenvalue weighted by atomic mass is 9.86. The maximum atomic E-state index is 13.0. The van der Waals surface area contributed by atoms with Gasteiger partial charge in [-0.3, -0.25) is 4.79 Å². The minimum absolute atomic E-state index is 0.0336. The van der Waals surface area contributed by atoms with Crippen LogP contribution in [0.5, 0.6) is 11.5 Å². The summed E-state index contributed by atoms with van der Waals surface area (Å²) in [5, 5.41) is 15.5. The fraction of sp³-hybridized carbons (Fsp3) is 0.364. The second-order valence-corrected chi connectivity index (χ2v) is 16.3. The zero-order valence-corrected chi connectivity index (χ0v) is 25.4. The van der Waals surface area contributed by atoms with Crippen molar-refractivity contribution in [3.05, 3.63) is 84.1 Å². The monoisotopic (exact) mass is 572 g/mol. The summed E-state index contributed by atoms with van der Waals surface area (Å²) in [6, 6.07) is 22.1. The molecule has 1 aliphatic heterocycles. The van der Waals surface area contributed by atoms with E-state index in [1.165, 1.54) is 5.19 Å². The average molecular weight is 573 g/mol. The van der Waals surface area contributed by atoms with Crippen LogP contribution in [0.3, 0.4) is 0 Å². The van der Waals surface area contributed by atoms with E-state index in [4.69, 9.17) is 14.2 Å². The Bertz CT molecular complexity index is 1500. The highest BCUT2D eigenvalue weighted by Gasteiger charge is 2.46. The van der Waals surface area contributed by atoms with E-state index in [-0.39, 0.29) is 42.6 Å². The van der Waals surface area contributed by atoms with E-state index in [1.54, 1.807) is 14.2 Å². The molecule has 4 aromatic rings. The number of carbonyl (C=O) groups excluding carboxylic acids is 1. The molecule has 0 radical (unpaired) electrons. The van der Waals surface area contributed by atoms with Crippen LogP contribution in [0.2, 0.25) is 18.6 Å². The standard InChI is InChI=1S/C33H40N2O5Si/c1-21-32(39-3)27-19-23(35-31(37)18-22-20-34-28-9-7-6-8-26(22)28)10-15-29(27)40-33(21)30(16-17-36)41(4,5)25-13-11-24(38-2)12-14-25/h6-15,19-21,30,32-34,36H,16-18H2,1-5H3,(H,35,37)/t21-,30?,32-,33-/m1/s1. The van der Waals surface area contributed by atoms with Gasteiger partial charge >= 0.3 is 0 Å². The largest absolute Gasteiger partial charge is 0.497 e. The molecule has 4 atom stereocenters. The molecule has 0 saturated carbocycles. The molecule has 1 amide bonds. The van der Waals surface area contributed by atoms with E-state index in [0.717, 1.165) is 33.5 Å². The Labute approximate surface area is 242 Å². The predicted molar refractivity (Wildman–Crippen MR) is 166 cm³/mol. The van der Waals surface area contributed by atoms with Gasteiger partial charge in [-0.1, -0.05) is 55.5 Å². The average Bonchev–Trinajstić information content (AvgIpc) is 3.38. The van der Waals surface area contributed by atoms with Crippen molar-refractivity contribution in [3.63, 3.8) is 0 Å². The molecule has 216 valence electrons. The van der Waals surface area contributed by atoms with E-state index in [0.29, 0.717) is 12.1 Å². The van der Waals surface area contributed by atoms with Gasteiger partial charge in [-0.15, -0.1) is 0 Å². The maximum absolute atomic E-state index is 13.0. The van der Waals surface area contributed by atoms with Gasteiger partial charge in [0.2, 0.25) is 5.91 Å². The number of amides is 1. The lowest BCUT2D eigenvalue weighted by molar-refractivity contribution is -0.115. The van der Waals surface area contributed by atoms with E-state index in [2.05, 4.69) is 42.5 Å². The van der Waals surface area contributed by atoms with Gasteiger partial charge in [0, 0.05) is 48.0 Å². The molecule has 0 fully saturated rings. The molecule has 1 aromatic heterocycles. The molecule has 0 saturated heterocycles. The highest BCUT2D eigenvalue weighted by molar-refractivity contribution is 6.91. The van der Waals surface area contributed by atoms with Crippen LogP contribution in [0.25, 0.3) is 10.9 Å². The molecule has 3 N–H and O–H groups in total. The summed E-state index contributed by atoms with van der Waals surface area (Å²) < 4.78 is 18.2. The molecule has 1 unspecified atom stereocenters. The van der Waals surface area contributed by atoms with Gasteiger partial charge in [0.15, 0.2) is 0 Å². The Morgan fingerprint density at radius 1 is 1.10 bits per heavy atom. The summed E-state index contributed by atoms with van der Waals surface area (Å²) >= 11 is 0. The molecule has 0 spiro atoms. The number of aliphatic hydroxyl groups excluding tert-OH is 1. The Kier molecular flexibility index (Phi) is 8.54. The van der Waals surface area contributed by atoms with Crippen LogP contribution in [0.1, 0.15) is 30.6 Å². The van der Waals surface area contributed by atoms with Gasteiger partial charge in [-0.25, -0.2) is 0 Å². The molecule has 7 nitrogen and oxygen atoms in total. The van der Waals surface area contributed by atoms with Crippen molar-refractivity contribution in [2.75, 3.05) is 26.1 Å². The van der Waals surface area contributed by atoms with Crippen LogP contribution < -0.4 is 20.0 Å². The topological polar surface area (TPSA) is 92.8 Å². The summed E-state index contributed by atoms with van der Waals surface area (Å²) in [6.07, 6.45) is 2.47. The second-order valence-electron chi connectivity index (χ2n) is 11.5. The number of H-pyrrole nitrogens is 1. The number of aliphatic hydroxyl groups is 1. The zero-order valence-electron chi connectivity index (χ0n) is 24.4. The van der Waals surface area contributed by atoms with E-state index >= 15 is 0 Å². The number of rotatable bonds is 10. The first kappa shape index (κ1) is 28.9. The minimum Gasteiger partial charge on any atom is -0.497 e. The van der Waals surface area contributed by atoms with Gasteiger partial charge in [-0.2, -0.15) is 0 Å². The molecule has 8 heteroatoms. The second kappa shape index (κ2) is 12.1. The molecule has 41 heavy (non-hydrogen) atoms. The quantitative estimate of drug-likeness (QED) is 0.209. The van der Waals surface area contributed by atoms with Crippen LogP contribution in [0, 0.1) is 5.92 Å². The Balaban J connectivity index is 1.38. The van der Waals surface area contributed by atoms with E-state index in [1.807, 2.05) is 60.8 Å². The number of carbonyl (C=O) groups is 1. The van der Waals surface area contributed by atoms with Crippen molar-refractivity contribution < 1.29 is 24.1 Å². The number of aromatic amines is 1. The third-order valence-corrected chi connectivity index (χ3v) is 13.0. The Hall–Kier alpha value is -3.59. The van der Waals surface area contributed by atoms with Gasteiger partial charge in [0.25, 0.3) is 0 Å². The van der Waals surface area contributed by atoms with Crippen molar-refractivity contribution in [3.8, 4) is 11.5 Å². The molecule has 5 rings (SSSR count). The Morgan fingerprint density at radius 3 is 2.56 bits per heavy atom. The fourth-order valence-electron chi connectivity index (χ4n) is 6.42. The number of anilines is 1. The first-order valence-electron chi connectivity index (χ1n) is 14.2. The van der Waals surface area contributed by atoms with Gasteiger partial charge in [0.1, 0.15) is 17.6 Å². The van der Waals surface area contributed by atoms with Gasteiger partial charge in [0.05, 0.1) is 27.7 Å². The van der Waals surface area contributed by atoms with Crippen LogP contribution in [0.15, 0.2) is 72.9 Å². The lowest BCUT2D eigenvalue weighted by Gasteiger charge is -2.45. The Morgan fingerprint density at radius 2 is 1.85 bits per heavy atom. The van der Waals surface area contributed by atoms with Crippen molar-refractivity contribution in [2.45, 2.75) is 50.6 Å². The maximum Gasteiger partial charge on any atom is 0.228 e. The number of para-hydroxylation sites is 1. The predicted octanol–water partition coefficient (Wildman–Crippen LogP) is 5.81. The molecular weight excluding hydrogens is 532 g/mol. The minimum atomic E-state index is -2.10. The first-order chi connectivity index (χ1) is 19.8. The number of hydrogen-bond acceptors (Lipinski definition) is 5. The lowest BCUT2D eigenvalue weighted by Crippen LogP contribution is -2.54. The number of ether oxygens (including phenoxy) is 3. The van der Waals surface area contributed by atoms with Gasteiger partial charge in [-0.05, 0) is 53.9 Å².